The number of halogens is 4. The molecule has 0 amide bonds. The second-order valence-electron chi connectivity index (χ2n) is 3.83. The molecule has 0 aliphatic rings. The molecule has 0 saturated carbocycles. The second kappa shape index (κ2) is 4.34. The Kier molecular flexibility index (Phi) is 2.78. The van der Waals surface area contributed by atoms with Gasteiger partial charge in [-0.15, -0.1) is 0 Å². The summed E-state index contributed by atoms with van der Waals surface area (Å²) in [4.78, 5) is 10.9. The number of H-pyrrole nitrogens is 1. The highest BCUT2D eigenvalue weighted by molar-refractivity contribution is 9.10. The molecule has 0 aliphatic carbocycles. The topological polar surface area (TPSA) is 41.6 Å². The SMILES string of the molecule is Fc1ccc(-c2nc3ncc(Br)cc3[nH]2)c(F)c1F. The fourth-order valence-electron chi connectivity index (χ4n) is 1.71. The molecule has 3 nitrogen and oxygen atoms in total. The highest BCUT2D eigenvalue weighted by Crippen LogP contribution is 2.26. The molecule has 0 bridgehead atoms. The molecular formula is C12H5BrF3N3. The minimum absolute atomic E-state index is 0.0944. The largest absolute Gasteiger partial charge is 0.336 e. The molecule has 1 N–H and O–H groups in total. The Bertz CT molecular complexity index is 785. The summed E-state index contributed by atoms with van der Waals surface area (Å²) in [6, 6.07) is 3.68. The number of fused-ring (bicyclic) bond motifs is 1. The molecule has 3 aromatic rings. The average molecular weight is 328 g/mol. The third kappa shape index (κ3) is 1.99. The van der Waals surface area contributed by atoms with Crippen LogP contribution < -0.4 is 0 Å². The Morgan fingerprint density at radius 1 is 1.11 bits per heavy atom. The Hall–Kier alpha value is -1.89. The fraction of sp³-hybridized carbons (Fsp3) is 0. The lowest BCUT2D eigenvalue weighted by Crippen LogP contribution is -1.94. The molecule has 0 fully saturated rings. The van der Waals surface area contributed by atoms with Crippen molar-refractivity contribution in [2.75, 3.05) is 0 Å². The predicted octanol–water partition coefficient (Wildman–Crippen LogP) is 3.80. The van der Waals surface area contributed by atoms with Crippen LogP contribution in [0.4, 0.5) is 13.2 Å². The van der Waals surface area contributed by atoms with Gasteiger partial charge >= 0.3 is 0 Å². The smallest absolute Gasteiger partial charge is 0.195 e. The molecule has 0 aliphatic heterocycles. The maximum absolute atomic E-state index is 13.7. The molecule has 19 heavy (non-hydrogen) atoms. The fourth-order valence-corrected chi connectivity index (χ4v) is 2.04. The number of nitrogens with one attached hydrogen (secondary N) is 1. The zero-order chi connectivity index (χ0) is 13.6. The molecule has 0 radical (unpaired) electrons. The first-order chi connectivity index (χ1) is 9.06. The van der Waals surface area contributed by atoms with E-state index in [1.54, 1.807) is 6.07 Å². The lowest BCUT2D eigenvalue weighted by atomic mass is 10.2. The molecule has 7 heteroatoms. The number of aromatic amines is 1. The van der Waals surface area contributed by atoms with E-state index in [1.807, 2.05) is 0 Å². The predicted molar refractivity (Wildman–Crippen MR) is 66.9 cm³/mol. The van der Waals surface area contributed by atoms with Crippen molar-refractivity contribution in [3.05, 3.63) is 46.3 Å². The molecule has 0 spiro atoms. The Morgan fingerprint density at radius 2 is 1.89 bits per heavy atom. The van der Waals surface area contributed by atoms with Crippen molar-refractivity contribution < 1.29 is 13.2 Å². The Balaban J connectivity index is 2.22. The van der Waals surface area contributed by atoms with E-state index in [0.29, 0.717) is 11.2 Å². The third-order valence-corrected chi connectivity index (χ3v) is 3.03. The van der Waals surface area contributed by atoms with Crippen LogP contribution in [0.1, 0.15) is 0 Å². The van der Waals surface area contributed by atoms with Crippen LogP contribution >= 0.6 is 15.9 Å². The van der Waals surface area contributed by atoms with Gasteiger partial charge in [0.15, 0.2) is 23.1 Å². The highest BCUT2D eigenvalue weighted by atomic mass is 79.9. The van der Waals surface area contributed by atoms with Gasteiger partial charge < -0.3 is 4.98 Å². The maximum atomic E-state index is 13.7. The van der Waals surface area contributed by atoms with E-state index in [-0.39, 0.29) is 11.4 Å². The maximum Gasteiger partial charge on any atom is 0.195 e. The number of rotatable bonds is 1. The molecule has 0 unspecified atom stereocenters. The minimum Gasteiger partial charge on any atom is -0.336 e. The van der Waals surface area contributed by atoms with Crippen molar-refractivity contribution in [1.82, 2.24) is 15.0 Å². The van der Waals surface area contributed by atoms with Crippen molar-refractivity contribution in [3.8, 4) is 11.4 Å². The first-order valence-corrected chi connectivity index (χ1v) is 6.00. The number of pyridine rings is 1. The van der Waals surface area contributed by atoms with E-state index in [2.05, 4.69) is 30.9 Å². The number of nitrogens with zero attached hydrogens (tertiary/aromatic N) is 2. The van der Waals surface area contributed by atoms with E-state index < -0.39 is 17.5 Å². The van der Waals surface area contributed by atoms with Crippen molar-refractivity contribution in [2.45, 2.75) is 0 Å². The highest BCUT2D eigenvalue weighted by Gasteiger charge is 2.17. The minimum atomic E-state index is -1.52. The summed E-state index contributed by atoms with van der Waals surface area (Å²) >= 11 is 3.24. The van der Waals surface area contributed by atoms with Gasteiger partial charge in [-0.2, -0.15) is 0 Å². The lowest BCUT2D eigenvalue weighted by Gasteiger charge is -2.00. The van der Waals surface area contributed by atoms with Crippen molar-refractivity contribution in [1.29, 1.82) is 0 Å². The van der Waals surface area contributed by atoms with Crippen LogP contribution in [0.15, 0.2) is 28.9 Å². The van der Waals surface area contributed by atoms with E-state index in [0.717, 1.165) is 16.6 Å². The second-order valence-corrected chi connectivity index (χ2v) is 4.75. The van der Waals surface area contributed by atoms with Crippen LogP contribution in [0, 0.1) is 17.5 Å². The molecule has 2 heterocycles. The Morgan fingerprint density at radius 3 is 2.68 bits per heavy atom. The van der Waals surface area contributed by atoms with E-state index in [1.165, 1.54) is 6.20 Å². The number of imidazole rings is 1. The van der Waals surface area contributed by atoms with Crippen molar-refractivity contribution in [2.24, 2.45) is 0 Å². The number of aromatic nitrogens is 3. The Labute approximate surface area is 113 Å². The van der Waals surface area contributed by atoms with E-state index in [4.69, 9.17) is 0 Å². The molecule has 96 valence electrons. The summed E-state index contributed by atoms with van der Waals surface area (Å²) in [5.41, 5.74) is 0.781. The van der Waals surface area contributed by atoms with Crippen LogP contribution in [-0.4, -0.2) is 15.0 Å². The third-order valence-electron chi connectivity index (χ3n) is 2.59. The normalized spacial score (nSPS) is 11.2. The monoisotopic (exact) mass is 327 g/mol. The van der Waals surface area contributed by atoms with Gasteiger partial charge in [-0.25, -0.2) is 23.1 Å². The first-order valence-electron chi connectivity index (χ1n) is 5.21. The van der Waals surface area contributed by atoms with Gasteiger partial charge in [-0.3, -0.25) is 0 Å². The number of hydrogen-bond donors (Lipinski definition) is 1. The quantitative estimate of drug-likeness (QED) is 0.690. The van der Waals surface area contributed by atoms with Gasteiger partial charge in [0.1, 0.15) is 5.82 Å². The molecular weight excluding hydrogens is 323 g/mol. The summed E-state index contributed by atoms with van der Waals surface area (Å²) in [6.07, 6.45) is 1.54. The van der Waals surface area contributed by atoms with Crippen LogP contribution in [0.3, 0.4) is 0 Å². The number of hydrogen-bond acceptors (Lipinski definition) is 2. The van der Waals surface area contributed by atoms with Gasteiger partial charge in [-0.05, 0) is 34.1 Å². The van der Waals surface area contributed by atoms with Gasteiger partial charge in [0.25, 0.3) is 0 Å². The van der Waals surface area contributed by atoms with Crippen molar-refractivity contribution in [3.63, 3.8) is 0 Å². The summed E-state index contributed by atoms with van der Waals surface area (Å²) in [7, 11) is 0. The van der Waals surface area contributed by atoms with Crippen LogP contribution in [-0.2, 0) is 0 Å². The first kappa shape index (κ1) is 12.2. The lowest BCUT2D eigenvalue weighted by molar-refractivity contribution is 0.448. The van der Waals surface area contributed by atoms with Crippen LogP contribution in [0.5, 0.6) is 0 Å². The molecule has 3 rings (SSSR count). The zero-order valence-electron chi connectivity index (χ0n) is 9.22. The summed E-state index contributed by atoms with van der Waals surface area (Å²) in [6.45, 7) is 0. The van der Waals surface area contributed by atoms with Crippen LogP contribution in [0.2, 0.25) is 0 Å². The van der Waals surface area contributed by atoms with Gasteiger partial charge in [0.05, 0.1) is 11.1 Å². The van der Waals surface area contributed by atoms with Crippen LogP contribution in [0.25, 0.3) is 22.6 Å². The van der Waals surface area contributed by atoms with E-state index in [9.17, 15) is 13.2 Å². The summed E-state index contributed by atoms with van der Waals surface area (Å²) in [5.74, 6) is -3.94. The molecule has 1 aromatic carbocycles. The zero-order valence-corrected chi connectivity index (χ0v) is 10.8. The number of benzene rings is 1. The standard InChI is InChI=1S/C12H5BrF3N3/c13-5-3-8-12(17-4-5)19-11(18-8)6-1-2-7(14)10(16)9(6)15/h1-4H,(H,17,18,19). The molecule has 0 atom stereocenters. The summed E-state index contributed by atoms with van der Waals surface area (Å²) in [5, 5.41) is 0. The van der Waals surface area contributed by atoms with Crippen molar-refractivity contribution >= 4 is 27.1 Å². The van der Waals surface area contributed by atoms with Gasteiger partial charge in [0.2, 0.25) is 0 Å². The summed E-state index contributed by atoms with van der Waals surface area (Å²) < 4.78 is 40.4. The average Bonchev–Trinajstić information content (AvgIpc) is 2.78. The molecule has 2 aromatic heterocycles. The van der Waals surface area contributed by atoms with Gasteiger partial charge in [-0.1, -0.05) is 0 Å². The van der Waals surface area contributed by atoms with E-state index >= 15 is 0 Å². The van der Waals surface area contributed by atoms with Gasteiger partial charge in [0, 0.05) is 10.7 Å². The molecule has 0 saturated heterocycles.